The molecule has 5 heteroatoms. The number of benzene rings is 1. The lowest BCUT2D eigenvalue weighted by Gasteiger charge is -2.32. The lowest BCUT2D eigenvalue weighted by Crippen LogP contribution is -2.44. The number of hydrogen-bond acceptors (Lipinski definition) is 2. The second-order valence-corrected chi connectivity index (χ2v) is 6.48. The summed E-state index contributed by atoms with van der Waals surface area (Å²) in [5, 5.41) is 3.67. The van der Waals surface area contributed by atoms with Crippen LogP contribution in [0.4, 0.5) is 0 Å². The predicted octanol–water partition coefficient (Wildman–Crippen LogP) is 3.71. The maximum atomic E-state index is 12.2. The van der Waals surface area contributed by atoms with Crippen molar-refractivity contribution in [1.29, 1.82) is 0 Å². The molecule has 1 heterocycles. The van der Waals surface area contributed by atoms with Gasteiger partial charge in [-0.05, 0) is 59.9 Å². The van der Waals surface area contributed by atoms with Gasteiger partial charge in [0.15, 0.2) is 0 Å². The Morgan fingerprint density at radius 1 is 1.45 bits per heavy atom. The first-order valence-electron chi connectivity index (χ1n) is 7.08. The summed E-state index contributed by atoms with van der Waals surface area (Å²) in [5.74, 6) is -0.0339. The van der Waals surface area contributed by atoms with E-state index in [2.05, 4.69) is 33.1 Å². The molecule has 0 unspecified atom stereocenters. The highest BCUT2D eigenvalue weighted by atomic mass is 79.9. The van der Waals surface area contributed by atoms with E-state index >= 15 is 0 Å². The van der Waals surface area contributed by atoms with Crippen molar-refractivity contribution in [3.63, 3.8) is 0 Å². The quantitative estimate of drug-likeness (QED) is 0.889. The molecule has 0 aliphatic carbocycles. The second-order valence-electron chi connectivity index (χ2n) is 5.22. The van der Waals surface area contributed by atoms with Crippen LogP contribution in [0.3, 0.4) is 0 Å². The summed E-state index contributed by atoms with van der Waals surface area (Å²) in [6, 6.07) is 5.57. The fraction of sp³-hybridized carbons (Fsp3) is 0.533. The van der Waals surface area contributed by atoms with Gasteiger partial charge in [0.25, 0.3) is 5.91 Å². The summed E-state index contributed by atoms with van der Waals surface area (Å²) in [6.07, 6.45) is 3.24. The molecule has 3 nitrogen and oxygen atoms in total. The number of nitrogens with zero attached hydrogens (tertiary/aromatic N) is 1. The maximum absolute atomic E-state index is 12.2. The highest BCUT2D eigenvalue weighted by Gasteiger charge is 2.20. The molecule has 1 aromatic rings. The molecular formula is C15H20BrClN2O. The zero-order valence-electron chi connectivity index (χ0n) is 11.7. The minimum atomic E-state index is -0.0339. The van der Waals surface area contributed by atoms with Crippen molar-refractivity contribution in [3.8, 4) is 0 Å². The number of carbonyl (C=O) groups is 1. The van der Waals surface area contributed by atoms with Crippen LogP contribution in [0.25, 0.3) is 0 Å². The third kappa shape index (κ3) is 4.21. The lowest BCUT2D eigenvalue weighted by molar-refractivity contribution is 0.0911. The Labute approximate surface area is 133 Å². The third-order valence-corrected chi connectivity index (χ3v) is 4.88. The molecule has 1 aliphatic rings. The molecule has 1 N–H and O–H groups in total. The molecule has 1 aliphatic heterocycles. The fourth-order valence-corrected chi connectivity index (χ4v) is 2.95. The largest absolute Gasteiger partial charge is 0.349 e. The zero-order chi connectivity index (χ0) is 14.5. The number of amides is 1. The summed E-state index contributed by atoms with van der Waals surface area (Å²) >= 11 is 9.35. The molecular weight excluding hydrogens is 340 g/mol. The van der Waals surface area contributed by atoms with Gasteiger partial charge in [-0.3, -0.25) is 4.79 Å². The molecule has 2 rings (SSSR count). The number of hydrogen-bond donors (Lipinski definition) is 1. The van der Waals surface area contributed by atoms with Crippen molar-refractivity contribution in [3.05, 3.63) is 33.3 Å². The van der Waals surface area contributed by atoms with E-state index in [1.165, 1.54) is 6.42 Å². The van der Waals surface area contributed by atoms with Gasteiger partial charge < -0.3 is 10.2 Å². The van der Waals surface area contributed by atoms with Crippen molar-refractivity contribution < 1.29 is 4.79 Å². The summed E-state index contributed by atoms with van der Waals surface area (Å²) in [4.78, 5) is 14.6. The first kappa shape index (κ1) is 15.8. The summed E-state index contributed by atoms with van der Waals surface area (Å²) in [6.45, 7) is 5.49. The Bertz CT molecular complexity index is 473. The molecule has 0 spiro atoms. The Balaban J connectivity index is 1.87. The highest BCUT2D eigenvalue weighted by Crippen LogP contribution is 2.23. The number of carbonyl (C=O) groups excluding carboxylic acids is 1. The standard InChI is InChI=1S/C15H20BrClN2O/c1-2-7-19-8-5-12(6-9-19)18-15(20)11-3-4-13(16)14(17)10-11/h3-4,10,12H,2,5-9H2,1H3,(H,18,20). The maximum Gasteiger partial charge on any atom is 0.251 e. The van der Waals surface area contributed by atoms with Gasteiger partial charge in [0.2, 0.25) is 0 Å². The van der Waals surface area contributed by atoms with Gasteiger partial charge >= 0.3 is 0 Å². The first-order valence-corrected chi connectivity index (χ1v) is 8.25. The fourth-order valence-electron chi connectivity index (χ4n) is 2.52. The normalized spacial score (nSPS) is 17.1. The van der Waals surface area contributed by atoms with E-state index in [4.69, 9.17) is 11.6 Å². The van der Waals surface area contributed by atoms with Crippen molar-refractivity contribution in [2.75, 3.05) is 19.6 Å². The van der Waals surface area contributed by atoms with Gasteiger partial charge in [-0.25, -0.2) is 0 Å². The van der Waals surface area contributed by atoms with Crippen LogP contribution in [-0.2, 0) is 0 Å². The van der Waals surface area contributed by atoms with Crippen LogP contribution in [0.1, 0.15) is 36.5 Å². The molecule has 1 aromatic carbocycles. The third-order valence-electron chi connectivity index (χ3n) is 3.64. The van der Waals surface area contributed by atoms with Gasteiger partial charge in [0.05, 0.1) is 5.02 Å². The van der Waals surface area contributed by atoms with E-state index in [1.54, 1.807) is 18.2 Å². The molecule has 0 saturated carbocycles. The van der Waals surface area contributed by atoms with E-state index in [0.29, 0.717) is 10.6 Å². The molecule has 1 fully saturated rings. The lowest BCUT2D eigenvalue weighted by atomic mass is 10.0. The van der Waals surface area contributed by atoms with Crippen LogP contribution in [0.2, 0.25) is 5.02 Å². The van der Waals surface area contributed by atoms with E-state index < -0.39 is 0 Å². The second kappa shape index (κ2) is 7.43. The van der Waals surface area contributed by atoms with Gasteiger partial charge in [0.1, 0.15) is 0 Å². The van der Waals surface area contributed by atoms with Crippen LogP contribution in [-0.4, -0.2) is 36.5 Å². The van der Waals surface area contributed by atoms with Crippen molar-refractivity contribution in [2.24, 2.45) is 0 Å². The average molecular weight is 360 g/mol. The Morgan fingerprint density at radius 2 is 2.15 bits per heavy atom. The Kier molecular flexibility index (Phi) is 5.87. The molecule has 20 heavy (non-hydrogen) atoms. The molecule has 1 amide bonds. The molecule has 0 bridgehead atoms. The van der Waals surface area contributed by atoms with E-state index in [9.17, 15) is 4.79 Å². The van der Waals surface area contributed by atoms with Gasteiger partial charge in [-0.15, -0.1) is 0 Å². The summed E-state index contributed by atoms with van der Waals surface area (Å²) in [5.41, 5.74) is 0.620. The topological polar surface area (TPSA) is 32.3 Å². The van der Waals surface area contributed by atoms with Crippen LogP contribution in [0.5, 0.6) is 0 Å². The number of piperidine rings is 1. The Hall–Kier alpha value is -0.580. The highest BCUT2D eigenvalue weighted by molar-refractivity contribution is 9.10. The van der Waals surface area contributed by atoms with E-state index in [0.717, 1.165) is 36.9 Å². The summed E-state index contributed by atoms with van der Waals surface area (Å²) in [7, 11) is 0. The smallest absolute Gasteiger partial charge is 0.251 e. The molecule has 110 valence electrons. The van der Waals surface area contributed by atoms with E-state index in [1.807, 2.05) is 0 Å². The van der Waals surface area contributed by atoms with Crippen molar-refractivity contribution in [2.45, 2.75) is 32.2 Å². The number of rotatable bonds is 4. The monoisotopic (exact) mass is 358 g/mol. The number of likely N-dealkylation sites (tertiary alicyclic amines) is 1. The minimum Gasteiger partial charge on any atom is -0.349 e. The van der Waals surface area contributed by atoms with Gasteiger partial charge in [-0.1, -0.05) is 18.5 Å². The molecule has 0 aromatic heterocycles. The van der Waals surface area contributed by atoms with Crippen LogP contribution in [0.15, 0.2) is 22.7 Å². The van der Waals surface area contributed by atoms with E-state index in [-0.39, 0.29) is 11.9 Å². The predicted molar refractivity (Wildman–Crippen MR) is 86.4 cm³/mol. The molecule has 1 saturated heterocycles. The van der Waals surface area contributed by atoms with Gasteiger partial charge in [-0.2, -0.15) is 0 Å². The molecule has 0 radical (unpaired) electrons. The van der Waals surface area contributed by atoms with Crippen LogP contribution in [0, 0.1) is 0 Å². The summed E-state index contributed by atoms with van der Waals surface area (Å²) < 4.78 is 0.809. The molecule has 0 atom stereocenters. The minimum absolute atomic E-state index is 0.0339. The number of halogens is 2. The van der Waals surface area contributed by atoms with Crippen LogP contribution >= 0.6 is 27.5 Å². The van der Waals surface area contributed by atoms with Gasteiger partial charge in [0, 0.05) is 29.2 Å². The van der Waals surface area contributed by atoms with Crippen molar-refractivity contribution >= 4 is 33.4 Å². The first-order chi connectivity index (χ1) is 9.60. The number of nitrogens with one attached hydrogen (secondary N) is 1. The van der Waals surface area contributed by atoms with Crippen LogP contribution < -0.4 is 5.32 Å². The Morgan fingerprint density at radius 3 is 2.75 bits per heavy atom. The SMILES string of the molecule is CCCN1CCC(NC(=O)c2ccc(Br)c(Cl)c2)CC1. The zero-order valence-corrected chi connectivity index (χ0v) is 14.0. The average Bonchev–Trinajstić information content (AvgIpc) is 2.44. The van der Waals surface area contributed by atoms with Crippen molar-refractivity contribution in [1.82, 2.24) is 10.2 Å².